The molecular weight excluding hydrogens is 791 g/mol. The van der Waals surface area contributed by atoms with Gasteiger partial charge in [0.25, 0.3) is 0 Å². The molecule has 0 heterocycles. The maximum absolute atomic E-state index is 13.2. The molecule has 0 fully saturated rings. The number of ether oxygens (including phenoxy) is 1. The Bertz CT molecular complexity index is 1140. The van der Waals surface area contributed by atoms with Gasteiger partial charge in [-0.1, -0.05) is 229 Å². The second kappa shape index (κ2) is 51.5. The summed E-state index contributed by atoms with van der Waals surface area (Å²) in [6.07, 6.45) is 64.2. The first-order valence-electron chi connectivity index (χ1n) is 27.5. The normalized spacial score (nSPS) is 13.6. The number of amides is 1. The molecule has 0 aliphatic carbocycles. The molecule has 1 amide bonds. The van der Waals surface area contributed by atoms with E-state index in [2.05, 4.69) is 86.8 Å². The van der Waals surface area contributed by atoms with Gasteiger partial charge in [-0.25, -0.2) is 0 Å². The number of carbonyl (C=O) groups is 2. The Morgan fingerprint density at radius 2 is 0.797 bits per heavy atom. The van der Waals surface area contributed by atoms with Crippen molar-refractivity contribution in [3.63, 3.8) is 0 Å². The van der Waals surface area contributed by atoms with E-state index in [0.717, 1.165) is 70.6 Å². The predicted octanol–water partition coefficient (Wildman–Crippen LogP) is 16.8. The van der Waals surface area contributed by atoms with E-state index in [4.69, 9.17) is 4.74 Å². The van der Waals surface area contributed by atoms with Crippen LogP contribution in [-0.2, 0) is 14.3 Å². The Balaban J connectivity index is 4.67. The quantitative estimate of drug-likeness (QED) is 0.0321. The van der Waals surface area contributed by atoms with Crippen LogP contribution in [0, 0.1) is 0 Å². The summed E-state index contributed by atoms with van der Waals surface area (Å²) in [6.45, 7) is 6.45. The molecule has 0 aromatic carbocycles. The molecule has 6 nitrogen and oxygen atoms in total. The lowest BCUT2D eigenvalue weighted by atomic mass is 10.0. The van der Waals surface area contributed by atoms with Gasteiger partial charge < -0.3 is 20.3 Å². The first kappa shape index (κ1) is 61.6. The van der Waals surface area contributed by atoms with Gasteiger partial charge in [0.15, 0.2) is 0 Å². The Hall–Kier alpha value is -2.44. The Labute approximate surface area is 397 Å². The summed E-state index contributed by atoms with van der Waals surface area (Å²) in [6, 6.07) is -0.716. The zero-order valence-electron chi connectivity index (χ0n) is 42.4. The van der Waals surface area contributed by atoms with E-state index in [1.54, 1.807) is 0 Å². The van der Waals surface area contributed by atoms with E-state index in [1.165, 1.54) is 148 Å². The van der Waals surface area contributed by atoms with Crippen LogP contribution in [0.25, 0.3) is 0 Å². The lowest BCUT2D eigenvalue weighted by Gasteiger charge is -2.24. The monoisotopic (exact) mass is 896 g/mol. The van der Waals surface area contributed by atoms with Gasteiger partial charge in [-0.2, -0.15) is 0 Å². The minimum atomic E-state index is -0.800. The van der Waals surface area contributed by atoms with Crippen LogP contribution in [0.4, 0.5) is 0 Å². The zero-order chi connectivity index (χ0) is 46.7. The van der Waals surface area contributed by atoms with Crippen molar-refractivity contribution in [3.8, 4) is 0 Å². The van der Waals surface area contributed by atoms with E-state index in [0.29, 0.717) is 25.7 Å². The highest BCUT2D eigenvalue weighted by Crippen LogP contribution is 2.17. The smallest absolute Gasteiger partial charge is 0.306 e. The van der Waals surface area contributed by atoms with Crippen molar-refractivity contribution in [1.82, 2.24) is 5.32 Å². The van der Waals surface area contributed by atoms with Crippen molar-refractivity contribution >= 4 is 11.9 Å². The van der Waals surface area contributed by atoms with Gasteiger partial charge in [0.05, 0.1) is 25.2 Å². The van der Waals surface area contributed by atoms with E-state index in [1.807, 2.05) is 0 Å². The topological polar surface area (TPSA) is 95.9 Å². The lowest BCUT2D eigenvalue weighted by molar-refractivity contribution is -0.151. The first-order chi connectivity index (χ1) is 31.5. The Kier molecular flexibility index (Phi) is 49.6. The fourth-order valence-corrected chi connectivity index (χ4v) is 8.12. The molecule has 3 atom stereocenters. The molecule has 3 unspecified atom stereocenters. The maximum atomic E-state index is 13.2. The largest absolute Gasteiger partial charge is 0.462 e. The number of hydrogen-bond acceptors (Lipinski definition) is 5. The summed E-state index contributed by atoms with van der Waals surface area (Å²) < 4.78 is 5.92. The minimum Gasteiger partial charge on any atom is -0.462 e. The molecule has 0 aromatic heterocycles. The van der Waals surface area contributed by atoms with Crippen LogP contribution in [-0.4, -0.2) is 46.9 Å². The second-order valence-corrected chi connectivity index (χ2v) is 18.6. The summed E-state index contributed by atoms with van der Waals surface area (Å²) in [7, 11) is 0. The first-order valence-corrected chi connectivity index (χ1v) is 27.5. The number of hydrogen-bond donors (Lipinski definition) is 3. The van der Waals surface area contributed by atoms with E-state index in [9.17, 15) is 19.8 Å². The van der Waals surface area contributed by atoms with Gasteiger partial charge >= 0.3 is 5.97 Å². The van der Waals surface area contributed by atoms with Gasteiger partial charge in [-0.15, -0.1) is 0 Å². The highest BCUT2D eigenvalue weighted by molar-refractivity contribution is 5.77. The number of allylic oxidation sites excluding steroid dienone is 10. The standard InChI is InChI=1S/C58H105NO5/c1-4-7-10-13-16-19-22-25-27-28-30-33-36-39-42-45-48-51-58(63)64-54(49-46-43-40-37-34-32-29-26-23-20-17-14-11-8-5-2)52-57(62)59-55(53-60)56(61)50-47-44-41-38-35-31-24-21-18-15-12-9-6-3/h16,19,25-27,29-30,33,39,42,54-56,60-61H,4-15,17-18,20-24,28,31-32,34-38,40-41,43-53H2,1-3H3,(H,59,62)/b19-16-,27-25-,29-26+,33-30-,42-39-. The van der Waals surface area contributed by atoms with Crippen LogP contribution < -0.4 is 5.32 Å². The third kappa shape index (κ3) is 46.1. The van der Waals surface area contributed by atoms with Crippen LogP contribution >= 0.6 is 0 Å². The third-order valence-electron chi connectivity index (χ3n) is 12.3. The molecule has 3 N–H and O–H groups in total. The van der Waals surface area contributed by atoms with Crippen LogP contribution in [0.15, 0.2) is 60.8 Å². The molecule has 0 saturated heterocycles. The van der Waals surface area contributed by atoms with Crippen molar-refractivity contribution in [3.05, 3.63) is 60.8 Å². The average molecular weight is 896 g/mol. The molecule has 0 spiro atoms. The molecule has 0 radical (unpaired) electrons. The van der Waals surface area contributed by atoms with Crippen LogP contribution in [0.2, 0.25) is 0 Å². The number of rotatable bonds is 49. The summed E-state index contributed by atoms with van der Waals surface area (Å²) in [5.74, 6) is -0.544. The third-order valence-corrected chi connectivity index (χ3v) is 12.3. The number of carbonyl (C=O) groups excluding carboxylic acids is 2. The highest BCUT2D eigenvalue weighted by Gasteiger charge is 2.24. The molecule has 0 aliphatic rings. The number of aliphatic hydroxyl groups is 2. The fourth-order valence-electron chi connectivity index (χ4n) is 8.12. The summed E-state index contributed by atoms with van der Waals surface area (Å²) >= 11 is 0. The number of nitrogens with one attached hydrogen (secondary N) is 1. The summed E-state index contributed by atoms with van der Waals surface area (Å²) in [5, 5.41) is 23.8. The molecule has 0 bridgehead atoms. The van der Waals surface area contributed by atoms with Crippen LogP contribution in [0.1, 0.15) is 271 Å². The Morgan fingerprint density at radius 3 is 1.25 bits per heavy atom. The Morgan fingerprint density at radius 1 is 0.453 bits per heavy atom. The molecular formula is C58H105NO5. The number of esters is 1. The number of aliphatic hydroxyl groups excluding tert-OH is 2. The zero-order valence-corrected chi connectivity index (χ0v) is 42.4. The fraction of sp³-hybridized carbons (Fsp3) is 0.793. The summed E-state index contributed by atoms with van der Waals surface area (Å²) in [5.41, 5.74) is 0. The van der Waals surface area contributed by atoms with Gasteiger partial charge in [0.2, 0.25) is 5.91 Å². The average Bonchev–Trinajstić information content (AvgIpc) is 3.29. The molecule has 6 heteroatoms. The molecule has 0 rings (SSSR count). The molecule has 0 saturated carbocycles. The number of unbranched alkanes of at least 4 members (excludes halogenated alkanes) is 27. The van der Waals surface area contributed by atoms with Gasteiger partial charge in [-0.3, -0.25) is 9.59 Å². The van der Waals surface area contributed by atoms with Crippen molar-refractivity contribution in [2.45, 2.75) is 289 Å². The van der Waals surface area contributed by atoms with Crippen molar-refractivity contribution in [1.29, 1.82) is 0 Å². The van der Waals surface area contributed by atoms with E-state index in [-0.39, 0.29) is 24.9 Å². The molecule has 0 aromatic rings. The molecule has 372 valence electrons. The lowest BCUT2D eigenvalue weighted by Crippen LogP contribution is -2.46. The van der Waals surface area contributed by atoms with Crippen LogP contribution in [0.5, 0.6) is 0 Å². The van der Waals surface area contributed by atoms with Crippen LogP contribution in [0.3, 0.4) is 0 Å². The SMILES string of the molecule is CCCCC/C=C\C/C=C\C/C=C\C/C=C\CCCC(=O)OC(CCCCCCC/C=C/CCCCCCCC)CC(=O)NC(CO)C(O)CCCCCCCCCCCCCCC. The molecule has 64 heavy (non-hydrogen) atoms. The second-order valence-electron chi connectivity index (χ2n) is 18.6. The maximum Gasteiger partial charge on any atom is 0.306 e. The van der Waals surface area contributed by atoms with Gasteiger partial charge in [0, 0.05) is 6.42 Å². The van der Waals surface area contributed by atoms with Crippen molar-refractivity contribution in [2.75, 3.05) is 6.61 Å². The highest BCUT2D eigenvalue weighted by atomic mass is 16.5. The van der Waals surface area contributed by atoms with Gasteiger partial charge in [0.1, 0.15) is 6.10 Å². The van der Waals surface area contributed by atoms with E-state index >= 15 is 0 Å². The predicted molar refractivity (Wildman–Crippen MR) is 278 cm³/mol. The van der Waals surface area contributed by atoms with Crippen molar-refractivity contribution in [2.24, 2.45) is 0 Å². The van der Waals surface area contributed by atoms with Crippen molar-refractivity contribution < 1.29 is 24.5 Å². The molecule has 0 aliphatic heterocycles. The van der Waals surface area contributed by atoms with E-state index < -0.39 is 18.2 Å². The van der Waals surface area contributed by atoms with Gasteiger partial charge in [-0.05, 0) is 89.9 Å². The minimum absolute atomic E-state index is 0.0499. The summed E-state index contributed by atoms with van der Waals surface area (Å²) in [4.78, 5) is 26.2.